The molecule has 0 aliphatic carbocycles. The van der Waals surface area contributed by atoms with E-state index in [0.717, 1.165) is 30.5 Å². The molecule has 0 amide bonds. The van der Waals surface area contributed by atoms with Gasteiger partial charge < -0.3 is 4.90 Å². The highest BCUT2D eigenvalue weighted by Crippen LogP contribution is 2.32. The largest absolute Gasteiger partial charge is 0.347 e. The lowest BCUT2D eigenvalue weighted by molar-refractivity contribution is 0.502. The summed E-state index contributed by atoms with van der Waals surface area (Å²) in [5, 5.41) is 4.46. The number of rotatable bonds is 4. The minimum Gasteiger partial charge on any atom is -0.347 e. The molecule has 1 saturated heterocycles. The summed E-state index contributed by atoms with van der Waals surface area (Å²) in [5.41, 5.74) is 0. The van der Waals surface area contributed by atoms with Crippen LogP contribution < -0.4 is 4.90 Å². The van der Waals surface area contributed by atoms with Crippen LogP contribution in [0.25, 0.3) is 0 Å². The maximum Gasteiger partial charge on any atom is 0.205 e. The molecule has 0 spiro atoms. The van der Waals surface area contributed by atoms with Gasteiger partial charge in [0.15, 0.2) is 0 Å². The van der Waals surface area contributed by atoms with Gasteiger partial charge in [-0.1, -0.05) is 13.8 Å². The van der Waals surface area contributed by atoms with Crippen LogP contribution in [0.3, 0.4) is 0 Å². The number of hydrogen-bond acceptors (Lipinski definition) is 6. The Morgan fingerprint density at radius 2 is 2.15 bits per heavy atom. The Kier molecular flexibility index (Phi) is 4.31. The Morgan fingerprint density at radius 1 is 1.35 bits per heavy atom. The summed E-state index contributed by atoms with van der Waals surface area (Å²) in [6.07, 6.45) is 5.24. The normalized spacial score (nSPS) is 17.1. The fraction of sp³-hybridized carbons (Fsp3) is 0.643. The van der Waals surface area contributed by atoms with Crippen molar-refractivity contribution in [2.75, 3.05) is 18.0 Å². The molecule has 1 fully saturated rings. The minimum atomic E-state index is 0.619. The van der Waals surface area contributed by atoms with Gasteiger partial charge in [-0.3, -0.25) is 0 Å². The van der Waals surface area contributed by atoms with Crippen LogP contribution in [0, 0.1) is 5.92 Å². The molecule has 2 aromatic rings. The highest BCUT2D eigenvalue weighted by atomic mass is 32.1. The van der Waals surface area contributed by atoms with Crippen molar-refractivity contribution in [3.8, 4) is 0 Å². The van der Waals surface area contributed by atoms with E-state index < -0.39 is 0 Å². The average Bonchev–Trinajstić information content (AvgIpc) is 3.09. The smallest absolute Gasteiger partial charge is 0.205 e. The standard InChI is InChI=1S/C14H20N4S2/c1-10(2)9-12-16-14(20-17-12)18-6-3-11(4-7-18)13-15-5-8-19-13/h5,8,10-11H,3-4,6-7,9H2,1-2H3. The summed E-state index contributed by atoms with van der Waals surface area (Å²) < 4.78 is 4.48. The lowest BCUT2D eigenvalue weighted by Crippen LogP contribution is -2.32. The molecule has 0 unspecified atom stereocenters. The maximum atomic E-state index is 4.68. The summed E-state index contributed by atoms with van der Waals surface area (Å²) in [5.74, 6) is 2.25. The highest BCUT2D eigenvalue weighted by Gasteiger charge is 2.24. The van der Waals surface area contributed by atoms with Gasteiger partial charge in [0.05, 0.1) is 5.01 Å². The van der Waals surface area contributed by atoms with Crippen LogP contribution in [-0.2, 0) is 6.42 Å². The minimum absolute atomic E-state index is 0.619. The third kappa shape index (κ3) is 3.17. The molecule has 0 radical (unpaired) electrons. The Hall–Kier alpha value is -1.01. The van der Waals surface area contributed by atoms with Crippen molar-refractivity contribution in [2.24, 2.45) is 5.92 Å². The van der Waals surface area contributed by atoms with Crippen LogP contribution >= 0.6 is 22.9 Å². The topological polar surface area (TPSA) is 41.9 Å². The molecule has 108 valence electrons. The predicted octanol–water partition coefficient (Wildman–Crippen LogP) is 3.58. The first-order valence-electron chi connectivity index (χ1n) is 7.19. The summed E-state index contributed by atoms with van der Waals surface area (Å²) >= 11 is 3.33. The Labute approximate surface area is 128 Å². The molecular formula is C14H20N4S2. The van der Waals surface area contributed by atoms with Crippen LogP contribution in [0.5, 0.6) is 0 Å². The van der Waals surface area contributed by atoms with E-state index in [2.05, 4.69) is 38.5 Å². The van der Waals surface area contributed by atoms with E-state index in [1.807, 2.05) is 6.20 Å². The van der Waals surface area contributed by atoms with E-state index in [4.69, 9.17) is 0 Å². The molecular weight excluding hydrogens is 288 g/mol. The van der Waals surface area contributed by atoms with E-state index in [0.29, 0.717) is 11.8 Å². The van der Waals surface area contributed by atoms with E-state index in [-0.39, 0.29) is 0 Å². The average molecular weight is 308 g/mol. The van der Waals surface area contributed by atoms with Crippen molar-refractivity contribution < 1.29 is 0 Å². The van der Waals surface area contributed by atoms with E-state index in [1.54, 1.807) is 22.9 Å². The molecule has 0 atom stereocenters. The third-order valence-corrected chi connectivity index (χ3v) is 5.37. The van der Waals surface area contributed by atoms with Crippen LogP contribution in [-0.4, -0.2) is 27.4 Å². The monoisotopic (exact) mass is 308 g/mol. The van der Waals surface area contributed by atoms with Gasteiger partial charge in [-0.25, -0.2) is 9.97 Å². The number of thiazole rings is 1. The molecule has 6 heteroatoms. The van der Waals surface area contributed by atoms with Crippen molar-refractivity contribution >= 4 is 28.0 Å². The van der Waals surface area contributed by atoms with E-state index in [1.165, 1.54) is 17.8 Å². The number of piperidine rings is 1. The molecule has 2 aromatic heterocycles. The third-order valence-electron chi connectivity index (χ3n) is 3.61. The summed E-state index contributed by atoms with van der Waals surface area (Å²) in [4.78, 5) is 11.5. The summed E-state index contributed by atoms with van der Waals surface area (Å²) in [7, 11) is 0. The van der Waals surface area contributed by atoms with Gasteiger partial charge >= 0.3 is 0 Å². The van der Waals surface area contributed by atoms with Gasteiger partial charge in [0.25, 0.3) is 0 Å². The first-order chi connectivity index (χ1) is 9.72. The van der Waals surface area contributed by atoms with Crippen molar-refractivity contribution in [1.29, 1.82) is 0 Å². The highest BCUT2D eigenvalue weighted by molar-refractivity contribution is 7.10. The van der Waals surface area contributed by atoms with Gasteiger partial charge in [-0.15, -0.1) is 11.3 Å². The Bertz CT molecular complexity index is 527. The van der Waals surface area contributed by atoms with Gasteiger partial charge in [0, 0.05) is 48.5 Å². The Morgan fingerprint density at radius 3 is 2.80 bits per heavy atom. The zero-order chi connectivity index (χ0) is 13.9. The quantitative estimate of drug-likeness (QED) is 0.866. The fourth-order valence-corrected chi connectivity index (χ4v) is 4.13. The van der Waals surface area contributed by atoms with Crippen LogP contribution in [0.4, 0.5) is 5.13 Å². The number of aromatic nitrogens is 3. The molecule has 3 rings (SSSR count). The number of nitrogens with zero attached hydrogens (tertiary/aromatic N) is 4. The van der Waals surface area contributed by atoms with E-state index in [9.17, 15) is 0 Å². The second kappa shape index (κ2) is 6.18. The lowest BCUT2D eigenvalue weighted by Gasteiger charge is -2.30. The SMILES string of the molecule is CC(C)Cc1nsc(N2CCC(c3nccs3)CC2)n1. The molecule has 0 bridgehead atoms. The van der Waals surface area contributed by atoms with E-state index >= 15 is 0 Å². The van der Waals surface area contributed by atoms with Crippen molar-refractivity contribution in [3.05, 3.63) is 22.4 Å². The zero-order valence-corrected chi connectivity index (χ0v) is 13.6. The van der Waals surface area contributed by atoms with Crippen molar-refractivity contribution in [3.63, 3.8) is 0 Å². The predicted molar refractivity (Wildman–Crippen MR) is 84.8 cm³/mol. The molecule has 0 saturated carbocycles. The lowest BCUT2D eigenvalue weighted by atomic mass is 9.98. The van der Waals surface area contributed by atoms with Crippen molar-refractivity contribution in [2.45, 2.75) is 39.0 Å². The van der Waals surface area contributed by atoms with Gasteiger partial charge in [-0.2, -0.15) is 4.37 Å². The Balaban J connectivity index is 1.59. The molecule has 20 heavy (non-hydrogen) atoms. The summed E-state index contributed by atoms with van der Waals surface area (Å²) in [6.45, 7) is 6.56. The zero-order valence-electron chi connectivity index (χ0n) is 12.0. The molecule has 4 nitrogen and oxygen atoms in total. The van der Waals surface area contributed by atoms with Crippen LogP contribution in [0.2, 0.25) is 0 Å². The van der Waals surface area contributed by atoms with Gasteiger partial charge in [0.2, 0.25) is 5.13 Å². The fourth-order valence-electron chi connectivity index (χ4n) is 2.58. The molecule has 0 aromatic carbocycles. The first kappa shape index (κ1) is 13.9. The van der Waals surface area contributed by atoms with Gasteiger partial charge in [-0.05, 0) is 18.8 Å². The second-order valence-corrected chi connectivity index (χ2v) is 7.38. The van der Waals surface area contributed by atoms with Crippen LogP contribution in [0.15, 0.2) is 11.6 Å². The molecule has 0 N–H and O–H groups in total. The number of hydrogen-bond donors (Lipinski definition) is 0. The van der Waals surface area contributed by atoms with Crippen LogP contribution in [0.1, 0.15) is 43.4 Å². The van der Waals surface area contributed by atoms with Crippen molar-refractivity contribution in [1.82, 2.24) is 14.3 Å². The maximum absolute atomic E-state index is 4.68. The van der Waals surface area contributed by atoms with Gasteiger partial charge in [0.1, 0.15) is 5.82 Å². The molecule has 1 aliphatic rings. The summed E-state index contributed by atoms with van der Waals surface area (Å²) in [6, 6.07) is 0. The molecule has 3 heterocycles. The second-order valence-electron chi connectivity index (χ2n) is 5.72. The first-order valence-corrected chi connectivity index (χ1v) is 8.84. The molecule has 1 aliphatic heterocycles. The number of anilines is 1.